The number of imidazole rings is 3. The molecule has 1 fully saturated rings. The van der Waals surface area contributed by atoms with Gasteiger partial charge in [0.2, 0.25) is 0 Å². The minimum Gasteiger partial charge on any atom is -0.372 e. The summed E-state index contributed by atoms with van der Waals surface area (Å²) in [5.41, 5.74) is 7.20. The first-order valence-electron chi connectivity index (χ1n) is 15.4. The van der Waals surface area contributed by atoms with E-state index in [4.69, 9.17) is 5.73 Å². The Morgan fingerprint density at radius 3 is 1.70 bits per heavy atom. The van der Waals surface area contributed by atoms with Gasteiger partial charge in [-0.1, -0.05) is 33.8 Å². The fraction of sp³-hybridized carbons (Fsp3) is 0.656. The van der Waals surface area contributed by atoms with Crippen LogP contribution in [0.15, 0.2) is 68.4 Å². The molecule has 0 spiro atoms. The van der Waals surface area contributed by atoms with Gasteiger partial charge >= 0.3 is 0 Å². The van der Waals surface area contributed by atoms with E-state index >= 15 is 0 Å². The molecule has 8 nitrogen and oxygen atoms in total. The van der Waals surface area contributed by atoms with E-state index in [-0.39, 0.29) is 0 Å². The van der Waals surface area contributed by atoms with Crippen molar-refractivity contribution in [1.29, 1.82) is 0 Å². The first-order valence-corrected chi connectivity index (χ1v) is 15.4. The van der Waals surface area contributed by atoms with Crippen LogP contribution in [-0.4, -0.2) is 52.2 Å². The molecule has 8 heteroatoms. The van der Waals surface area contributed by atoms with Crippen molar-refractivity contribution in [3.63, 3.8) is 0 Å². The topological polar surface area (TPSA) is 82.7 Å². The SMILES string of the molecule is C=C1CCCCCN1C(CC)CC(C)n1ccnc1.CCC(C)n1ccnc1.CCC(N)CC(C)n1ccnc1. The average molecular weight is 553 g/mol. The third-order valence-corrected chi connectivity index (χ3v) is 8.16. The molecule has 1 saturated heterocycles. The van der Waals surface area contributed by atoms with Gasteiger partial charge in [-0.25, -0.2) is 15.0 Å². The lowest BCUT2D eigenvalue weighted by molar-refractivity contribution is 0.213. The summed E-state index contributed by atoms with van der Waals surface area (Å²) in [6.45, 7) is 18.7. The summed E-state index contributed by atoms with van der Waals surface area (Å²) in [6, 6.07) is 2.48. The lowest BCUT2D eigenvalue weighted by Crippen LogP contribution is -2.35. The predicted octanol–water partition coefficient (Wildman–Crippen LogP) is 7.43. The third-order valence-electron chi connectivity index (χ3n) is 8.16. The maximum absolute atomic E-state index is 5.85. The molecule has 0 aliphatic carbocycles. The molecule has 0 bridgehead atoms. The summed E-state index contributed by atoms with van der Waals surface area (Å²) >= 11 is 0. The van der Waals surface area contributed by atoms with Crippen LogP contribution in [0.25, 0.3) is 0 Å². The van der Waals surface area contributed by atoms with Gasteiger partial charge < -0.3 is 24.3 Å². The van der Waals surface area contributed by atoms with Gasteiger partial charge in [-0.15, -0.1) is 0 Å². The van der Waals surface area contributed by atoms with Crippen molar-refractivity contribution >= 4 is 0 Å². The second-order valence-electron chi connectivity index (χ2n) is 11.3. The van der Waals surface area contributed by atoms with Crippen molar-refractivity contribution in [2.75, 3.05) is 6.54 Å². The zero-order valence-corrected chi connectivity index (χ0v) is 26.1. The van der Waals surface area contributed by atoms with E-state index in [9.17, 15) is 0 Å². The second kappa shape index (κ2) is 18.5. The van der Waals surface area contributed by atoms with Crippen LogP contribution in [-0.2, 0) is 0 Å². The highest BCUT2D eigenvalue weighted by atomic mass is 15.2. The molecule has 1 aliphatic rings. The molecule has 0 radical (unpaired) electrons. The number of nitrogens with zero attached hydrogens (tertiary/aromatic N) is 7. The Kier molecular flexibility index (Phi) is 15.4. The molecule has 3 aromatic heterocycles. The Balaban J connectivity index is 0.000000228. The molecule has 5 unspecified atom stereocenters. The number of rotatable bonds is 11. The van der Waals surface area contributed by atoms with Crippen LogP contribution in [0.3, 0.4) is 0 Å². The summed E-state index contributed by atoms with van der Waals surface area (Å²) in [7, 11) is 0. The van der Waals surface area contributed by atoms with Crippen LogP contribution < -0.4 is 5.73 Å². The van der Waals surface area contributed by atoms with Gasteiger partial charge in [-0.05, 0) is 72.1 Å². The number of allylic oxidation sites excluding steroid dienone is 1. The van der Waals surface area contributed by atoms with Crippen molar-refractivity contribution in [3.05, 3.63) is 68.4 Å². The number of hydrogen-bond donors (Lipinski definition) is 1. The highest BCUT2D eigenvalue weighted by Gasteiger charge is 2.22. The summed E-state index contributed by atoms with van der Waals surface area (Å²) < 4.78 is 6.42. The molecular formula is C32H56N8. The smallest absolute Gasteiger partial charge is 0.0948 e. The Morgan fingerprint density at radius 1 is 0.725 bits per heavy atom. The van der Waals surface area contributed by atoms with E-state index in [1.54, 1.807) is 6.20 Å². The first kappa shape index (κ1) is 33.3. The molecule has 0 saturated carbocycles. The first-order chi connectivity index (χ1) is 19.3. The minimum atomic E-state index is 0.308. The second-order valence-corrected chi connectivity index (χ2v) is 11.3. The van der Waals surface area contributed by atoms with Crippen molar-refractivity contribution in [2.45, 2.75) is 130 Å². The minimum absolute atomic E-state index is 0.308. The van der Waals surface area contributed by atoms with Crippen molar-refractivity contribution in [2.24, 2.45) is 5.73 Å². The third kappa shape index (κ3) is 11.3. The van der Waals surface area contributed by atoms with E-state index in [2.05, 4.69) is 87.9 Å². The molecular weight excluding hydrogens is 496 g/mol. The standard InChI is InChI=1S/C16H27N3.C9H17N3.C7H12N2/c1-4-16(12-15(3)18-11-9-17-13-18)19-10-7-5-6-8-14(19)2;1-3-9(10)6-8(2)12-5-4-11-7-12;1-3-7(2)9-5-4-8-6-9/h9,11,13,15-16H,2,4-8,10,12H2,1,3H3;4-5,7-9H,3,6,10H2,1-2H3;4-7H,3H2,1-2H3. The molecule has 0 amide bonds. The fourth-order valence-electron chi connectivity index (χ4n) is 5.09. The van der Waals surface area contributed by atoms with E-state index in [0.29, 0.717) is 30.2 Å². The highest BCUT2D eigenvalue weighted by molar-refractivity contribution is 4.99. The van der Waals surface area contributed by atoms with E-state index in [1.165, 1.54) is 50.8 Å². The van der Waals surface area contributed by atoms with Crippen LogP contribution >= 0.6 is 0 Å². The Hall–Kier alpha value is -2.87. The van der Waals surface area contributed by atoms with Gasteiger partial charge in [0.15, 0.2) is 0 Å². The maximum atomic E-state index is 5.85. The van der Waals surface area contributed by atoms with Gasteiger partial charge in [0.05, 0.1) is 19.0 Å². The fourth-order valence-corrected chi connectivity index (χ4v) is 5.09. The molecule has 5 atom stereocenters. The Bertz CT molecular complexity index is 996. The monoisotopic (exact) mass is 552 g/mol. The molecule has 0 aromatic carbocycles. The zero-order valence-electron chi connectivity index (χ0n) is 26.1. The molecule has 224 valence electrons. The van der Waals surface area contributed by atoms with Crippen molar-refractivity contribution < 1.29 is 0 Å². The zero-order chi connectivity index (χ0) is 29.3. The molecule has 1 aliphatic heterocycles. The average Bonchev–Trinajstić information content (AvgIpc) is 3.76. The van der Waals surface area contributed by atoms with E-state index in [1.807, 2.05) is 43.8 Å². The van der Waals surface area contributed by atoms with Crippen LogP contribution in [0.2, 0.25) is 0 Å². The quantitative estimate of drug-likeness (QED) is 0.267. The lowest BCUT2D eigenvalue weighted by atomic mass is 10.0. The van der Waals surface area contributed by atoms with E-state index < -0.39 is 0 Å². The van der Waals surface area contributed by atoms with Crippen LogP contribution in [0.1, 0.15) is 117 Å². The van der Waals surface area contributed by atoms with Crippen molar-refractivity contribution in [1.82, 2.24) is 33.6 Å². The molecule has 3 aromatic rings. The van der Waals surface area contributed by atoms with Crippen LogP contribution in [0.4, 0.5) is 0 Å². The summed E-state index contributed by atoms with van der Waals surface area (Å²) in [4.78, 5) is 14.7. The molecule has 4 rings (SSSR count). The number of nitrogens with two attached hydrogens (primary N) is 1. The highest BCUT2D eigenvalue weighted by Crippen LogP contribution is 2.26. The number of likely N-dealkylation sites (tertiary alicyclic amines) is 1. The number of hydrogen-bond acceptors (Lipinski definition) is 5. The van der Waals surface area contributed by atoms with Crippen molar-refractivity contribution in [3.8, 4) is 0 Å². The van der Waals surface area contributed by atoms with Gasteiger partial charge in [0.25, 0.3) is 0 Å². The maximum Gasteiger partial charge on any atom is 0.0948 e. The largest absolute Gasteiger partial charge is 0.372 e. The van der Waals surface area contributed by atoms with Gasteiger partial charge in [0.1, 0.15) is 0 Å². The Labute approximate surface area is 243 Å². The van der Waals surface area contributed by atoms with Gasteiger partial charge in [0, 0.05) is 79.6 Å². The summed E-state index contributed by atoms with van der Waals surface area (Å²) in [5.74, 6) is 0. The summed E-state index contributed by atoms with van der Waals surface area (Å²) in [5, 5.41) is 0. The molecule has 2 N–H and O–H groups in total. The Morgan fingerprint density at radius 2 is 1.25 bits per heavy atom. The lowest BCUT2D eigenvalue weighted by Gasteiger charge is -2.35. The van der Waals surface area contributed by atoms with Crippen LogP contribution in [0.5, 0.6) is 0 Å². The van der Waals surface area contributed by atoms with Gasteiger partial charge in [-0.2, -0.15) is 0 Å². The molecule has 4 heterocycles. The van der Waals surface area contributed by atoms with Crippen LogP contribution in [0, 0.1) is 0 Å². The predicted molar refractivity (Wildman–Crippen MR) is 167 cm³/mol. The van der Waals surface area contributed by atoms with Gasteiger partial charge in [-0.3, -0.25) is 0 Å². The normalized spacial score (nSPS) is 17.4. The summed E-state index contributed by atoms with van der Waals surface area (Å²) in [6.07, 6.45) is 27.9. The number of aromatic nitrogens is 6. The molecule has 40 heavy (non-hydrogen) atoms. The van der Waals surface area contributed by atoms with E-state index in [0.717, 1.165) is 19.3 Å².